The van der Waals surface area contributed by atoms with E-state index in [9.17, 15) is 19.2 Å². The summed E-state index contributed by atoms with van der Waals surface area (Å²) < 4.78 is 16.1. The van der Waals surface area contributed by atoms with E-state index in [1.807, 2.05) is 30.3 Å². The second-order valence-electron chi connectivity index (χ2n) is 6.51. The number of carbonyl (C=O) groups excluding carboxylic acids is 4. The lowest BCUT2D eigenvalue weighted by molar-refractivity contribution is -0.161. The van der Waals surface area contributed by atoms with Crippen LogP contribution in [-0.2, 0) is 40.0 Å². The molecule has 0 radical (unpaired) electrons. The Morgan fingerprint density at radius 3 is 2.57 bits per heavy atom. The lowest BCUT2D eigenvalue weighted by Crippen LogP contribution is -2.51. The van der Waals surface area contributed by atoms with Gasteiger partial charge >= 0.3 is 11.9 Å². The lowest BCUT2D eigenvalue weighted by Gasteiger charge is -2.32. The molecule has 0 unspecified atom stereocenters. The number of nitrogens with zero attached hydrogens (tertiary/aromatic N) is 1. The SMILES string of the molecule is COC(=O)[C@@H]1CS[C@@H]2[C@H](OC(C)=O)[C@@H](OCc3ccccc3)CC(=O)C(=O)N21. The van der Waals surface area contributed by atoms with Gasteiger partial charge in [-0.3, -0.25) is 14.4 Å². The lowest BCUT2D eigenvalue weighted by atomic mass is 10.1. The first kappa shape index (κ1) is 20.3. The molecule has 8 nitrogen and oxygen atoms in total. The van der Waals surface area contributed by atoms with Gasteiger partial charge in [-0.1, -0.05) is 30.3 Å². The summed E-state index contributed by atoms with van der Waals surface area (Å²) in [5, 5.41) is -0.701. The van der Waals surface area contributed by atoms with Crippen LogP contribution in [0, 0.1) is 0 Å². The molecule has 2 aliphatic heterocycles. The summed E-state index contributed by atoms with van der Waals surface area (Å²) in [6.45, 7) is 1.45. The number of ketones is 1. The Morgan fingerprint density at radius 1 is 1.21 bits per heavy atom. The van der Waals surface area contributed by atoms with Crippen molar-refractivity contribution in [3.8, 4) is 0 Å². The van der Waals surface area contributed by atoms with Crippen molar-refractivity contribution >= 4 is 35.4 Å². The fourth-order valence-electron chi connectivity index (χ4n) is 3.33. The zero-order chi connectivity index (χ0) is 20.3. The number of carbonyl (C=O) groups is 4. The second kappa shape index (κ2) is 8.74. The van der Waals surface area contributed by atoms with Gasteiger partial charge in [-0.05, 0) is 5.56 Å². The van der Waals surface area contributed by atoms with Crippen LogP contribution in [0.3, 0.4) is 0 Å². The minimum atomic E-state index is -0.901. The van der Waals surface area contributed by atoms with Crippen LogP contribution in [-0.4, -0.2) is 65.0 Å². The van der Waals surface area contributed by atoms with Crippen molar-refractivity contribution in [2.45, 2.75) is 43.6 Å². The van der Waals surface area contributed by atoms with Crippen LogP contribution in [0.4, 0.5) is 0 Å². The maximum absolute atomic E-state index is 12.7. The Labute approximate surface area is 166 Å². The molecule has 1 amide bonds. The van der Waals surface area contributed by atoms with E-state index in [4.69, 9.17) is 14.2 Å². The molecular formula is C19H21NO7S. The molecule has 0 aromatic heterocycles. The standard InChI is InChI=1S/C19H21NO7S/c1-11(21)27-16-15(26-9-12-6-4-3-5-7-12)8-14(22)17(23)20-13(19(24)25-2)10-28-18(16)20/h3-7,13,15-16,18H,8-10H2,1-2H3/t13-,15-,16+,18+/m0/s1. The predicted molar refractivity (Wildman–Crippen MR) is 99.1 cm³/mol. The number of methoxy groups -OCH3 is 1. The maximum atomic E-state index is 12.7. The van der Waals surface area contributed by atoms with Gasteiger partial charge in [0.25, 0.3) is 5.91 Å². The molecule has 0 bridgehead atoms. The molecule has 1 aromatic rings. The van der Waals surface area contributed by atoms with Crippen molar-refractivity contribution in [1.29, 1.82) is 0 Å². The molecule has 4 atom stereocenters. The molecule has 0 aliphatic carbocycles. The highest BCUT2D eigenvalue weighted by Gasteiger charge is 2.53. The molecule has 2 heterocycles. The van der Waals surface area contributed by atoms with E-state index in [0.717, 1.165) is 5.56 Å². The molecule has 150 valence electrons. The molecule has 28 heavy (non-hydrogen) atoms. The monoisotopic (exact) mass is 407 g/mol. The molecule has 2 fully saturated rings. The average molecular weight is 407 g/mol. The van der Waals surface area contributed by atoms with E-state index >= 15 is 0 Å². The van der Waals surface area contributed by atoms with Gasteiger partial charge in [-0.25, -0.2) is 4.79 Å². The Bertz CT molecular complexity index is 769. The van der Waals surface area contributed by atoms with Gasteiger partial charge < -0.3 is 19.1 Å². The summed E-state index contributed by atoms with van der Waals surface area (Å²) in [7, 11) is 1.22. The highest BCUT2D eigenvalue weighted by Crippen LogP contribution is 2.38. The van der Waals surface area contributed by atoms with E-state index in [0.29, 0.717) is 0 Å². The number of hydrogen-bond donors (Lipinski definition) is 0. The molecule has 2 saturated heterocycles. The summed E-state index contributed by atoms with van der Waals surface area (Å²) in [5.74, 6) is -2.38. The van der Waals surface area contributed by atoms with Crippen LogP contribution >= 0.6 is 11.8 Å². The number of esters is 2. The number of thioether (sulfide) groups is 1. The highest BCUT2D eigenvalue weighted by atomic mass is 32.2. The molecule has 0 spiro atoms. The minimum absolute atomic E-state index is 0.197. The Morgan fingerprint density at radius 2 is 1.93 bits per heavy atom. The normalized spacial score (nSPS) is 27.1. The smallest absolute Gasteiger partial charge is 0.329 e. The third-order valence-corrected chi connectivity index (χ3v) is 5.97. The van der Waals surface area contributed by atoms with Gasteiger partial charge in [0.1, 0.15) is 17.5 Å². The highest BCUT2D eigenvalue weighted by molar-refractivity contribution is 8.00. The van der Waals surface area contributed by atoms with Crippen molar-refractivity contribution < 1.29 is 33.4 Å². The number of rotatable bonds is 5. The van der Waals surface area contributed by atoms with Crippen LogP contribution in [0.2, 0.25) is 0 Å². The number of benzene rings is 1. The summed E-state index contributed by atoms with van der Waals surface area (Å²) in [6.07, 6.45) is -1.92. The summed E-state index contributed by atoms with van der Waals surface area (Å²) in [6, 6.07) is 8.43. The molecule has 9 heteroatoms. The van der Waals surface area contributed by atoms with Crippen molar-refractivity contribution in [3.63, 3.8) is 0 Å². The Kier molecular flexibility index (Phi) is 6.35. The second-order valence-corrected chi connectivity index (χ2v) is 7.66. The zero-order valence-electron chi connectivity index (χ0n) is 15.5. The van der Waals surface area contributed by atoms with Crippen LogP contribution in [0.1, 0.15) is 18.9 Å². The molecule has 2 aliphatic rings. The maximum Gasteiger partial charge on any atom is 0.329 e. The fraction of sp³-hybridized carbons (Fsp3) is 0.474. The molecule has 3 rings (SSSR count). The van der Waals surface area contributed by atoms with Gasteiger partial charge in [0.2, 0.25) is 5.78 Å². The third kappa shape index (κ3) is 4.20. The number of fused-ring (bicyclic) bond motifs is 1. The zero-order valence-corrected chi connectivity index (χ0v) is 16.3. The Balaban J connectivity index is 1.88. The number of hydrogen-bond acceptors (Lipinski definition) is 8. The van der Waals surface area contributed by atoms with Crippen LogP contribution in [0.5, 0.6) is 0 Å². The molecule has 0 N–H and O–H groups in total. The summed E-state index contributed by atoms with van der Waals surface area (Å²) in [5.41, 5.74) is 0.885. The molecular weight excluding hydrogens is 386 g/mol. The first-order valence-corrected chi connectivity index (χ1v) is 9.85. The fourth-order valence-corrected chi connectivity index (χ4v) is 4.83. The van der Waals surface area contributed by atoms with E-state index in [2.05, 4.69) is 0 Å². The number of Topliss-reactive ketones (excluding diaryl/α,β-unsaturated/α-hetero) is 1. The van der Waals surface area contributed by atoms with Gasteiger partial charge in [0.05, 0.1) is 13.7 Å². The summed E-state index contributed by atoms with van der Waals surface area (Å²) >= 11 is 1.27. The van der Waals surface area contributed by atoms with Crippen molar-refractivity contribution in [3.05, 3.63) is 35.9 Å². The van der Waals surface area contributed by atoms with Gasteiger partial charge in [0, 0.05) is 19.1 Å². The van der Waals surface area contributed by atoms with Gasteiger partial charge in [0.15, 0.2) is 6.10 Å². The summed E-state index contributed by atoms with van der Waals surface area (Å²) in [4.78, 5) is 50.1. The first-order chi connectivity index (χ1) is 13.4. The first-order valence-electron chi connectivity index (χ1n) is 8.80. The average Bonchev–Trinajstić information content (AvgIpc) is 3.09. The van der Waals surface area contributed by atoms with Crippen molar-refractivity contribution in [2.75, 3.05) is 12.9 Å². The van der Waals surface area contributed by atoms with E-state index in [1.54, 1.807) is 0 Å². The van der Waals surface area contributed by atoms with Crippen LogP contribution in [0.15, 0.2) is 30.3 Å². The number of amides is 1. The van der Waals surface area contributed by atoms with E-state index in [1.165, 1.54) is 30.7 Å². The van der Waals surface area contributed by atoms with Crippen molar-refractivity contribution in [2.24, 2.45) is 0 Å². The predicted octanol–water partition coefficient (Wildman–Crippen LogP) is 0.919. The van der Waals surface area contributed by atoms with Crippen LogP contribution in [0.25, 0.3) is 0 Å². The number of ether oxygens (including phenoxy) is 3. The van der Waals surface area contributed by atoms with Crippen LogP contribution < -0.4 is 0 Å². The quantitative estimate of drug-likeness (QED) is 0.525. The minimum Gasteiger partial charge on any atom is -0.467 e. The molecule has 0 saturated carbocycles. The van der Waals surface area contributed by atoms with E-state index < -0.39 is 47.3 Å². The molecule has 1 aromatic carbocycles. The van der Waals surface area contributed by atoms with Gasteiger partial charge in [-0.2, -0.15) is 0 Å². The topological polar surface area (TPSA) is 99.2 Å². The van der Waals surface area contributed by atoms with Gasteiger partial charge in [-0.15, -0.1) is 11.8 Å². The van der Waals surface area contributed by atoms with E-state index in [-0.39, 0.29) is 18.8 Å². The Hall–Kier alpha value is -2.39. The third-order valence-electron chi connectivity index (χ3n) is 4.62. The largest absolute Gasteiger partial charge is 0.467 e. The van der Waals surface area contributed by atoms with Crippen molar-refractivity contribution in [1.82, 2.24) is 4.90 Å².